The van der Waals surface area contributed by atoms with Gasteiger partial charge in [0.15, 0.2) is 0 Å². The maximum atomic E-state index is 5.50. The van der Waals surface area contributed by atoms with Crippen LogP contribution in [-0.4, -0.2) is 6.10 Å². The Morgan fingerprint density at radius 2 is 2.25 bits per heavy atom. The van der Waals surface area contributed by atoms with Gasteiger partial charge in [-0.25, -0.2) is 0 Å². The van der Waals surface area contributed by atoms with Crippen LogP contribution in [-0.2, 0) is 4.74 Å². The van der Waals surface area contributed by atoms with Crippen molar-refractivity contribution in [2.45, 2.75) is 19.4 Å². The van der Waals surface area contributed by atoms with Gasteiger partial charge in [0.05, 0.1) is 0 Å². The zero-order valence-corrected chi connectivity index (χ0v) is 7.42. The summed E-state index contributed by atoms with van der Waals surface area (Å²) in [5, 5.41) is 0. The lowest BCUT2D eigenvalue weighted by Gasteiger charge is -2.02. The molecule has 12 heavy (non-hydrogen) atoms. The van der Waals surface area contributed by atoms with Crippen molar-refractivity contribution in [1.82, 2.24) is 0 Å². The molecular weight excluding hydrogens is 148 g/mol. The maximum absolute atomic E-state index is 5.50. The number of hydrogen-bond donors (Lipinski definition) is 0. The predicted octanol–water partition coefficient (Wildman–Crippen LogP) is 2.98. The van der Waals surface area contributed by atoms with E-state index in [9.17, 15) is 0 Å². The molecule has 1 atom stereocenters. The summed E-state index contributed by atoms with van der Waals surface area (Å²) >= 11 is 0. The van der Waals surface area contributed by atoms with E-state index in [0.717, 1.165) is 12.2 Å². The fourth-order valence-corrected chi connectivity index (χ4v) is 1.26. The molecule has 64 valence electrons. The van der Waals surface area contributed by atoms with Crippen LogP contribution in [0.3, 0.4) is 0 Å². The molecular formula is C11H14O. The molecule has 0 aromatic carbocycles. The average Bonchev–Trinajstić information content (AvgIpc) is 2.42. The van der Waals surface area contributed by atoms with Gasteiger partial charge in [-0.2, -0.15) is 0 Å². The second-order valence-corrected chi connectivity index (χ2v) is 2.82. The van der Waals surface area contributed by atoms with Gasteiger partial charge in [-0.3, -0.25) is 0 Å². The second kappa shape index (κ2) is 3.96. The highest BCUT2D eigenvalue weighted by molar-refractivity contribution is 5.33. The second-order valence-electron chi connectivity index (χ2n) is 2.82. The van der Waals surface area contributed by atoms with Crippen LogP contribution >= 0.6 is 0 Å². The van der Waals surface area contributed by atoms with Crippen LogP contribution in [0, 0.1) is 0 Å². The minimum absolute atomic E-state index is 0.280. The van der Waals surface area contributed by atoms with Crippen LogP contribution in [0.2, 0.25) is 0 Å². The molecule has 0 radical (unpaired) electrons. The van der Waals surface area contributed by atoms with Gasteiger partial charge in [-0.05, 0) is 18.6 Å². The van der Waals surface area contributed by atoms with E-state index in [1.54, 1.807) is 12.2 Å². The smallest absolute Gasteiger partial charge is 0.122 e. The Labute approximate surface area is 73.7 Å². The van der Waals surface area contributed by atoms with Gasteiger partial charge in [0.25, 0.3) is 0 Å². The number of hydrogen-bond acceptors (Lipinski definition) is 1. The van der Waals surface area contributed by atoms with Crippen LogP contribution < -0.4 is 0 Å². The molecule has 1 unspecified atom stereocenters. The Balaban J connectivity index is 2.77. The average molecular weight is 162 g/mol. The topological polar surface area (TPSA) is 9.23 Å². The van der Waals surface area contributed by atoms with Gasteiger partial charge in [-0.15, -0.1) is 0 Å². The molecule has 0 fully saturated rings. The van der Waals surface area contributed by atoms with Crippen molar-refractivity contribution < 1.29 is 4.74 Å². The van der Waals surface area contributed by atoms with E-state index in [1.807, 2.05) is 12.2 Å². The van der Waals surface area contributed by atoms with E-state index >= 15 is 0 Å². The van der Waals surface area contributed by atoms with Crippen LogP contribution in [0.25, 0.3) is 0 Å². The van der Waals surface area contributed by atoms with Crippen molar-refractivity contribution in [3.8, 4) is 0 Å². The monoisotopic (exact) mass is 162 g/mol. The predicted molar refractivity (Wildman–Crippen MR) is 51.7 cm³/mol. The molecule has 0 saturated heterocycles. The zero-order chi connectivity index (χ0) is 8.97. The Hall–Kier alpha value is -1.24. The third kappa shape index (κ3) is 1.88. The first-order chi connectivity index (χ1) is 5.77. The molecule has 0 bridgehead atoms. The molecule has 0 N–H and O–H groups in total. The summed E-state index contributed by atoms with van der Waals surface area (Å²) in [5.41, 5.74) is 1.21. The van der Waals surface area contributed by atoms with Crippen molar-refractivity contribution in [3.63, 3.8) is 0 Å². The van der Waals surface area contributed by atoms with Gasteiger partial charge in [0, 0.05) is 6.42 Å². The fourth-order valence-electron chi connectivity index (χ4n) is 1.26. The molecule has 1 nitrogen and oxygen atoms in total. The first-order valence-corrected chi connectivity index (χ1v) is 4.09. The third-order valence-corrected chi connectivity index (χ3v) is 1.77. The molecule has 1 aliphatic heterocycles. The van der Waals surface area contributed by atoms with E-state index in [1.165, 1.54) is 5.57 Å². The zero-order valence-electron chi connectivity index (χ0n) is 7.42. The Morgan fingerprint density at radius 3 is 2.83 bits per heavy atom. The molecule has 0 aromatic rings. The summed E-state index contributed by atoms with van der Waals surface area (Å²) in [5.74, 6) is 0.903. The fraction of sp³-hybridized carbons (Fsp3) is 0.273. The first-order valence-electron chi connectivity index (χ1n) is 4.09. The summed E-state index contributed by atoms with van der Waals surface area (Å²) in [6, 6.07) is 0. The van der Waals surface area contributed by atoms with Crippen molar-refractivity contribution in [3.05, 3.63) is 48.8 Å². The lowest BCUT2D eigenvalue weighted by Crippen LogP contribution is -1.96. The molecule has 0 aliphatic carbocycles. The van der Waals surface area contributed by atoms with E-state index in [0.29, 0.717) is 0 Å². The number of ether oxygens (including phenoxy) is 1. The van der Waals surface area contributed by atoms with Crippen molar-refractivity contribution in [2.75, 3.05) is 0 Å². The SMILES string of the molecule is C=C/C=C\C1=C(C=C)OC(C)C1. The van der Waals surface area contributed by atoms with Gasteiger partial charge in [-0.1, -0.05) is 31.4 Å². The van der Waals surface area contributed by atoms with Crippen LogP contribution in [0.5, 0.6) is 0 Å². The van der Waals surface area contributed by atoms with E-state index < -0.39 is 0 Å². The van der Waals surface area contributed by atoms with Crippen molar-refractivity contribution >= 4 is 0 Å². The largest absolute Gasteiger partial charge is 0.490 e. The Bertz CT molecular complexity index is 246. The van der Waals surface area contributed by atoms with Crippen LogP contribution in [0.15, 0.2) is 48.8 Å². The summed E-state index contributed by atoms with van der Waals surface area (Å²) in [7, 11) is 0. The van der Waals surface area contributed by atoms with E-state index in [4.69, 9.17) is 4.74 Å². The highest BCUT2D eigenvalue weighted by Crippen LogP contribution is 2.26. The number of rotatable bonds is 3. The minimum Gasteiger partial charge on any atom is -0.490 e. The summed E-state index contributed by atoms with van der Waals surface area (Å²) in [6.07, 6.45) is 8.70. The molecule has 1 heteroatoms. The lowest BCUT2D eigenvalue weighted by atomic mass is 10.1. The highest BCUT2D eigenvalue weighted by atomic mass is 16.5. The molecule has 0 spiro atoms. The maximum Gasteiger partial charge on any atom is 0.122 e. The van der Waals surface area contributed by atoms with E-state index in [-0.39, 0.29) is 6.10 Å². The molecule has 0 amide bonds. The normalized spacial score (nSPS) is 22.9. The van der Waals surface area contributed by atoms with Gasteiger partial charge >= 0.3 is 0 Å². The van der Waals surface area contributed by atoms with Crippen molar-refractivity contribution in [1.29, 1.82) is 0 Å². The molecule has 1 rings (SSSR count). The van der Waals surface area contributed by atoms with Gasteiger partial charge < -0.3 is 4.74 Å². The number of allylic oxidation sites excluding steroid dienone is 4. The quantitative estimate of drug-likeness (QED) is 0.580. The first kappa shape index (κ1) is 8.85. The van der Waals surface area contributed by atoms with Crippen LogP contribution in [0.4, 0.5) is 0 Å². The third-order valence-electron chi connectivity index (χ3n) is 1.77. The molecule has 0 saturated carbocycles. The summed E-state index contributed by atoms with van der Waals surface area (Å²) < 4.78 is 5.50. The van der Waals surface area contributed by atoms with Crippen LogP contribution in [0.1, 0.15) is 13.3 Å². The summed E-state index contributed by atoms with van der Waals surface area (Å²) in [4.78, 5) is 0. The molecule has 1 heterocycles. The Kier molecular flexibility index (Phi) is 2.92. The lowest BCUT2D eigenvalue weighted by molar-refractivity contribution is 0.170. The van der Waals surface area contributed by atoms with E-state index in [2.05, 4.69) is 20.1 Å². The van der Waals surface area contributed by atoms with Crippen molar-refractivity contribution in [2.24, 2.45) is 0 Å². The van der Waals surface area contributed by atoms with Gasteiger partial charge in [0.1, 0.15) is 11.9 Å². The highest BCUT2D eigenvalue weighted by Gasteiger charge is 2.17. The van der Waals surface area contributed by atoms with Gasteiger partial charge in [0.2, 0.25) is 0 Å². The Morgan fingerprint density at radius 1 is 1.50 bits per heavy atom. The standard InChI is InChI=1S/C11H14O/c1-4-6-7-10-8-9(3)12-11(10)5-2/h4-7,9H,1-2,8H2,3H3/b7-6-. The molecule has 1 aliphatic rings. The molecule has 0 aromatic heterocycles. The summed E-state index contributed by atoms with van der Waals surface area (Å²) in [6.45, 7) is 9.36. The minimum atomic E-state index is 0.280.